The summed E-state index contributed by atoms with van der Waals surface area (Å²) >= 11 is 0. The van der Waals surface area contributed by atoms with E-state index in [2.05, 4.69) is 0 Å². The van der Waals surface area contributed by atoms with Gasteiger partial charge in [0.1, 0.15) is 0 Å². The van der Waals surface area contributed by atoms with Gasteiger partial charge >= 0.3 is 0 Å². The summed E-state index contributed by atoms with van der Waals surface area (Å²) in [5.41, 5.74) is 0.505. The van der Waals surface area contributed by atoms with Crippen LogP contribution < -0.4 is 9.47 Å². The predicted octanol–water partition coefficient (Wildman–Crippen LogP) is 2.34. The van der Waals surface area contributed by atoms with Crippen molar-refractivity contribution < 1.29 is 23.8 Å². The molecule has 2 saturated heterocycles. The van der Waals surface area contributed by atoms with Crippen LogP contribution in [0.5, 0.6) is 11.5 Å². The third kappa shape index (κ3) is 4.58. The maximum Gasteiger partial charge on any atom is 0.258 e. The summed E-state index contributed by atoms with van der Waals surface area (Å²) in [6.45, 7) is 3.45. The molecule has 28 heavy (non-hydrogen) atoms. The summed E-state index contributed by atoms with van der Waals surface area (Å²) in [6, 6.07) is 5.50. The fraction of sp³-hybridized carbons (Fsp3) is 0.619. The summed E-state index contributed by atoms with van der Waals surface area (Å²) in [5.74, 6) is 1.17. The lowest BCUT2D eigenvalue weighted by Crippen LogP contribution is -2.45. The molecule has 0 saturated carbocycles. The molecule has 154 valence electrons. The molecule has 1 aromatic carbocycles. The normalized spacial score (nSPS) is 17.6. The van der Waals surface area contributed by atoms with Crippen molar-refractivity contribution in [1.82, 2.24) is 9.80 Å². The molecule has 3 rings (SSSR count). The number of nitrogens with zero attached hydrogens (tertiary/aromatic N) is 2. The number of carbonyl (C=O) groups excluding carboxylic acids is 2. The summed E-state index contributed by atoms with van der Waals surface area (Å²) in [6.07, 6.45) is 3.98. The van der Waals surface area contributed by atoms with E-state index in [1.165, 1.54) is 0 Å². The Kier molecular flexibility index (Phi) is 7.14. The van der Waals surface area contributed by atoms with E-state index in [4.69, 9.17) is 14.2 Å². The number of hydrogen-bond donors (Lipinski definition) is 0. The van der Waals surface area contributed by atoms with Crippen molar-refractivity contribution in [3.05, 3.63) is 23.8 Å². The Bertz CT molecular complexity index is 687. The minimum absolute atomic E-state index is 0.0598. The number of rotatable bonds is 8. The minimum atomic E-state index is -0.0598. The van der Waals surface area contributed by atoms with Crippen molar-refractivity contribution in [2.75, 3.05) is 47.1 Å². The Morgan fingerprint density at radius 2 is 2.04 bits per heavy atom. The zero-order chi connectivity index (χ0) is 19.9. The molecular formula is C21H30N2O5. The highest BCUT2D eigenvalue weighted by Crippen LogP contribution is 2.32. The van der Waals surface area contributed by atoms with Crippen LogP contribution in [-0.4, -0.2) is 74.7 Å². The summed E-state index contributed by atoms with van der Waals surface area (Å²) in [5, 5.41) is 0. The van der Waals surface area contributed by atoms with E-state index >= 15 is 0 Å². The monoisotopic (exact) mass is 390 g/mol. The van der Waals surface area contributed by atoms with Gasteiger partial charge in [0.25, 0.3) is 5.91 Å². The Morgan fingerprint density at radius 3 is 2.68 bits per heavy atom. The Labute approximate surface area is 166 Å². The molecule has 0 spiro atoms. The molecule has 0 aromatic heterocycles. The van der Waals surface area contributed by atoms with E-state index in [-0.39, 0.29) is 17.9 Å². The van der Waals surface area contributed by atoms with Crippen LogP contribution in [0.15, 0.2) is 18.2 Å². The Balaban J connectivity index is 1.76. The molecule has 2 fully saturated rings. The van der Waals surface area contributed by atoms with Gasteiger partial charge in [0, 0.05) is 45.3 Å². The first-order valence-electron chi connectivity index (χ1n) is 10.0. The van der Waals surface area contributed by atoms with Crippen LogP contribution in [-0.2, 0) is 9.53 Å². The smallest absolute Gasteiger partial charge is 0.258 e. The quantitative estimate of drug-likeness (QED) is 0.682. The first-order valence-corrected chi connectivity index (χ1v) is 10.0. The van der Waals surface area contributed by atoms with Crippen molar-refractivity contribution in [2.24, 2.45) is 0 Å². The molecule has 2 aliphatic rings. The lowest BCUT2D eigenvalue weighted by Gasteiger charge is -2.35. The molecule has 2 aliphatic heterocycles. The van der Waals surface area contributed by atoms with Gasteiger partial charge in [-0.2, -0.15) is 0 Å². The van der Waals surface area contributed by atoms with Gasteiger partial charge in [0.2, 0.25) is 5.91 Å². The number of amides is 2. The lowest BCUT2D eigenvalue weighted by atomic mass is 10.0. The SMILES string of the molecule is COc1cccc(C(=O)N(CCCN2CCCC2=O)C2CCOCC2)c1OC. The number of carbonyl (C=O) groups is 2. The molecule has 0 unspecified atom stereocenters. The van der Waals surface area contributed by atoms with E-state index in [0.717, 1.165) is 32.2 Å². The van der Waals surface area contributed by atoms with Gasteiger partial charge in [-0.1, -0.05) is 6.07 Å². The number of hydrogen-bond acceptors (Lipinski definition) is 5. The molecule has 0 bridgehead atoms. The highest BCUT2D eigenvalue weighted by molar-refractivity contribution is 5.98. The molecule has 0 radical (unpaired) electrons. The molecule has 7 nitrogen and oxygen atoms in total. The van der Waals surface area contributed by atoms with Crippen LogP contribution in [0, 0.1) is 0 Å². The van der Waals surface area contributed by atoms with Gasteiger partial charge in [0.15, 0.2) is 11.5 Å². The second-order valence-corrected chi connectivity index (χ2v) is 7.22. The topological polar surface area (TPSA) is 68.3 Å². The summed E-state index contributed by atoms with van der Waals surface area (Å²) < 4.78 is 16.3. The third-order valence-corrected chi connectivity index (χ3v) is 5.52. The highest BCUT2D eigenvalue weighted by Gasteiger charge is 2.29. The summed E-state index contributed by atoms with van der Waals surface area (Å²) in [4.78, 5) is 29.1. The van der Waals surface area contributed by atoms with Gasteiger partial charge < -0.3 is 24.0 Å². The van der Waals surface area contributed by atoms with E-state index in [1.807, 2.05) is 9.80 Å². The highest BCUT2D eigenvalue weighted by atomic mass is 16.5. The molecule has 0 aliphatic carbocycles. The van der Waals surface area contributed by atoms with Gasteiger partial charge in [-0.3, -0.25) is 9.59 Å². The lowest BCUT2D eigenvalue weighted by molar-refractivity contribution is -0.127. The van der Waals surface area contributed by atoms with Crippen molar-refractivity contribution in [3.63, 3.8) is 0 Å². The molecular weight excluding hydrogens is 360 g/mol. The van der Waals surface area contributed by atoms with Gasteiger partial charge in [-0.05, 0) is 37.8 Å². The maximum absolute atomic E-state index is 13.5. The average molecular weight is 390 g/mol. The molecule has 0 N–H and O–H groups in total. The second-order valence-electron chi connectivity index (χ2n) is 7.22. The van der Waals surface area contributed by atoms with Crippen LogP contribution in [0.25, 0.3) is 0 Å². The van der Waals surface area contributed by atoms with Crippen molar-refractivity contribution >= 4 is 11.8 Å². The van der Waals surface area contributed by atoms with Crippen LogP contribution in [0.2, 0.25) is 0 Å². The summed E-state index contributed by atoms with van der Waals surface area (Å²) in [7, 11) is 3.11. The van der Waals surface area contributed by atoms with E-state index in [0.29, 0.717) is 49.8 Å². The first-order chi connectivity index (χ1) is 13.7. The van der Waals surface area contributed by atoms with Gasteiger partial charge in [-0.25, -0.2) is 0 Å². The molecule has 7 heteroatoms. The minimum Gasteiger partial charge on any atom is -0.493 e. The van der Waals surface area contributed by atoms with Crippen molar-refractivity contribution in [2.45, 2.75) is 38.1 Å². The number of likely N-dealkylation sites (tertiary alicyclic amines) is 1. The fourth-order valence-electron chi connectivity index (χ4n) is 4.03. The first kappa shape index (κ1) is 20.5. The van der Waals surface area contributed by atoms with Crippen molar-refractivity contribution in [1.29, 1.82) is 0 Å². The largest absolute Gasteiger partial charge is 0.493 e. The molecule has 2 heterocycles. The van der Waals surface area contributed by atoms with Crippen LogP contribution in [0.3, 0.4) is 0 Å². The van der Waals surface area contributed by atoms with Gasteiger partial charge in [-0.15, -0.1) is 0 Å². The van der Waals surface area contributed by atoms with E-state index in [1.54, 1.807) is 32.4 Å². The van der Waals surface area contributed by atoms with Crippen LogP contribution in [0.4, 0.5) is 0 Å². The molecule has 0 atom stereocenters. The Morgan fingerprint density at radius 1 is 1.25 bits per heavy atom. The van der Waals surface area contributed by atoms with Crippen LogP contribution in [0.1, 0.15) is 42.5 Å². The third-order valence-electron chi connectivity index (χ3n) is 5.52. The van der Waals surface area contributed by atoms with E-state index < -0.39 is 0 Å². The standard InChI is InChI=1S/C21H30N2O5/c1-26-18-7-3-6-17(20(18)27-2)21(25)23(16-9-14-28-15-10-16)13-5-12-22-11-4-8-19(22)24/h3,6-7,16H,4-5,8-15H2,1-2H3. The average Bonchev–Trinajstić information content (AvgIpc) is 3.15. The Hall–Kier alpha value is -2.28. The van der Waals surface area contributed by atoms with E-state index in [9.17, 15) is 9.59 Å². The number of ether oxygens (including phenoxy) is 3. The zero-order valence-electron chi connectivity index (χ0n) is 16.8. The number of benzene rings is 1. The van der Waals surface area contributed by atoms with Gasteiger partial charge in [0.05, 0.1) is 19.8 Å². The molecule has 1 aromatic rings. The molecule has 2 amide bonds. The van der Waals surface area contributed by atoms with Crippen molar-refractivity contribution in [3.8, 4) is 11.5 Å². The second kappa shape index (κ2) is 9.78. The maximum atomic E-state index is 13.5. The number of methoxy groups -OCH3 is 2. The zero-order valence-corrected chi connectivity index (χ0v) is 16.8. The predicted molar refractivity (Wildman–Crippen MR) is 105 cm³/mol. The van der Waals surface area contributed by atoms with Crippen LogP contribution >= 0.6 is 0 Å². The fourth-order valence-corrected chi connectivity index (χ4v) is 4.03. The number of para-hydroxylation sites is 1.